The van der Waals surface area contributed by atoms with Crippen LogP contribution in [-0.2, 0) is 4.74 Å². The molecule has 18 heavy (non-hydrogen) atoms. The lowest BCUT2D eigenvalue weighted by molar-refractivity contribution is 0.0217. The number of thiophene rings is 1. The van der Waals surface area contributed by atoms with E-state index in [0.29, 0.717) is 24.2 Å². The summed E-state index contributed by atoms with van der Waals surface area (Å²) in [7, 11) is 0. The molecule has 2 heterocycles. The molecule has 0 aliphatic rings. The topological polar surface area (TPSA) is 74.2 Å². The molecular formula is C12H17N3O2S. The van der Waals surface area contributed by atoms with Crippen LogP contribution >= 0.6 is 11.3 Å². The number of rotatable bonds is 5. The van der Waals surface area contributed by atoms with E-state index in [4.69, 9.17) is 15.0 Å². The lowest BCUT2D eigenvalue weighted by Gasteiger charge is -2.16. The predicted molar refractivity (Wildman–Crippen MR) is 71.2 cm³/mol. The third kappa shape index (κ3) is 2.70. The first-order valence-corrected chi connectivity index (χ1v) is 6.74. The van der Waals surface area contributed by atoms with Gasteiger partial charge in [0.25, 0.3) is 5.89 Å². The van der Waals surface area contributed by atoms with Crippen LogP contribution < -0.4 is 5.73 Å². The molecule has 0 radical (unpaired) electrons. The quantitative estimate of drug-likeness (QED) is 0.901. The fourth-order valence-corrected chi connectivity index (χ4v) is 2.36. The minimum atomic E-state index is -0.134. The summed E-state index contributed by atoms with van der Waals surface area (Å²) in [5.74, 6) is 1.38. The van der Waals surface area contributed by atoms with Crippen molar-refractivity contribution in [2.24, 2.45) is 5.92 Å². The second-order valence-corrected chi connectivity index (χ2v) is 5.40. The number of anilines is 1. The van der Waals surface area contributed by atoms with Crippen molar-refractivity contribution in [1.29, 1.82) is 0 Å². The highest BCUT2D eigenvalue weighted by Crippen LogP contribution is 2.30. The van der Waals surface area contributed by atoms with Crippen LogP contribution in [0.4, 0.5) is 5.00 Å². The Hall–Kier alpha value is -1.40. The molecule has 98 valence electrons. The van der Waals surface area contributed by atoms with Crippen molar-refractivity contribution in [3.63, 3.8) is 0 Å². The third-order valence-electron chi connectivity index (χ3n) is 2.49. The van der Waals surface area contributed by atoms with Gasteiger partial charge in [-0.05, 0) is 25.0 Å². The van der Waals surface area contributed by atoms with Crippen LogP contribution in [0.2, 0.25) is 0 Å². The van der Waals surface area contributed by atoms with E-state index < -0.39 is 0 Å². The Morgan fingerprint density at radius 1 is 1.44 bits per heavy atom. The van der Waals surface area contributed by atoms with Crippen molar-refractivity contribution >= 4 is 16.3 Å². The summed E-state index contributed by atoms with van der Waals surface area (Å²) in [5, 5.41) is 4.73. The zero-order chi connectivity index (χ0) is 13.1. The highest BCUT2D eigenvalue weighted by Gasteiger charge is 2.22. The first kappa shape index (κ1) is 13.0. The van der Waals surface area contributed by atoms with Gasteiger partial charge in [0.2, 0.25) is 5.82 Å². The molecule has 0 aliphatic carbocycles. The number of hydrogen-bond acceptors (Lipinski definition) is 6. The van der Waals surface area contributed by atoms with Crippen LogP contribution in [0.25, 0.3) is 10.8 Å². The molecule has 6 heteroatoms. The minimum absolute atomic E-state index is 0.134. The molecule has 0 saturated heterocycles. The normalized spacial score (nSPS) is 13.1. The van der Waals surface area contributed by atoms with E-state index in [0.717, 1.165) is 9.88 Å². The van der Waals surface area contributed by atoms with E-state index in [1.165, 1.54) is 11.3 Å². The molecule has 2 rings (SSSR count). The fraction of sp³-hybridized carbons (Fsp3) is 0.500. The summed E-state index contributed by atoms with van der Waals surface area (Å²) in [6, 6.07) is 3.70. The first-order chi connectivity index (χ1) is 8.61. The van der Waals surface area contributed by atoms with Gasteiger partial charge in [-0.1, -0.05) is 19.0 Å². The van der Waals surface area contributed by atoms with Crippen molar-refractivity contribution in [1.82, 2.24) is 10.1 Å². The Morgan fingerprint density at radius 2 is 2.22 bits per heavy atom. The van der Waals surface area contributed by atoms with Gasteiger partial charge in [-0.25, -0.2) is 0 Å². The first-order valence-electron chi connectivity index (χ1n) is 5.92. The van der Waals surface area contributed by atoms with Crippen LogP contribution in [0.15, 0.2) is 16.7 Å². The zero-order valence-electron chi connectivity index (χ0n) is 10.7. The van der Waals surface area contributed by atoms with Crippen molar-refractivity contribution in [2.45, 2.75) is 26.9 Å². The van der Waals surface area contributed by atoms with Gasteiger partial charge in [-0.2, -0.15) is 4.98 Å². The number of nitrogens with two attached hydrogens (primary N) is 1. The van der Waals surface area contributed by atoms with Crippen LogP contribution in [0, 0.1) is 5.92 Å². The molecule has 0 aliphatic heterocycles. The van der Waals surface area contributed by atoms with Crippen molar-refractivity contribution in [2.75, 3.05) is 12.3 Å². The van der Waals surface area contributed by atoms with Gasteiger partial charge < -0.3 is 15.0 Å². The SMILES string of the molecule is CCOC(c1noc(-c2ccc(N)s2)n1)C(C)C. The molecular weight excluding hydrogens is 250 g/mol. The monoisotopic (exact) mass is 267 g/mol. The van der Waals surface area contributed by atoms with Gasteiger partial charge in [0, 0.05) is 6.61 Å². The minimum Gasteiger partial charge on any atom is -0.391 e. The summed E-state index contributed by atoms with van der Waals surface area (Å²) in [5.41, 5.74) is 5.68. The Balaban J connectivity index is 2.23. The zero-order valence-corrected chi connectivity index (χ0v) is 11.5. The van der Waals surface area contributed by atoms with Gasteiger partial charge in [-0.15, -0.1) is 11.3 Å². The smallest absolute Gasteiger partial charge is 0.268 e. The Kier molecular flexibility index (Phi) is 3.98. The number of ether oxygens (including phenoxy) is 1. The average Bonchev–Trinajstić information content (AvgIpc) is 2.93. The molecule has 1 unspecified atom stereocenters. The molecule has 5 nitrogen and oxygen atoms in total. The second-order valence-electron chi connectivity index (χ2n) is 4.28. The predicted octanol–water partition coefficient (Wildman–Crippen LogP) is 3.11. The Bertz CT molecular complexity index is 507. The fourth-order valence-electron chi connectivity index (χ4n) is 1.66. The largest absolute Gasteiger partial charge is 0.391 e. The van der Waals surface area contributed by atoms with E-state index in [1.54, 1.807) is 0 Å². The summed E-state index contributed by atoms with van der Waals surface area (Å²) in [4.78, 5) is 5.27. The third-order valence-corrected chi connectivity index (χ3v) is 3.39. The average molecular weight is 267 g/mol. The molecule has 0 spiro atoms. The van der Waals surface area contributed by atoms with Gasteiger partial charge >= 0.3 is 0 Å². The highest BCUT2D eigenvalue weighted by molar-refractivity contribution is 7.19. The molecule has 0 saturated carbocycles. The Labute approximate surface area is 110 Å². The van der Waals surface area contributed by atoms with Crippen molar-refractivity contribution in [3.8, 4) is 10.8 Å². The van der Waals surface area contributed by atoms with Crippen molar-refractivity contribution < 1.29 is 9.26 Å². The summed E-state index contributed by atoms with van der Waals surface area (Å²) in [6.45, 7) is 6.72. The number of hydrogen-bond donors (Lipinski definition) is 1. The number of nitrogens with zero attached hydrogens (tertiary/aromatic N) is 2. The molecule has 1 atom stereocenters. The highest BCUT2D eigenvalue weighted by atomic mass is 32.1. The number of nitrogen functional groups attached to an aromatic ring is 1. The Morgan fingerprint density at radius 3 is 2.78 bits per heavy atom. The van der Waals surface area contributed by atoms with Crippen molar-refractivity contribution in [3.05, 3.63) is 18.0 Å². The molecule has 0 bridgehead atoms. The lowest BCUT2D eigenvalue weighted by Crippen LogP contribution is -2.12. The molecule has 0 amide bonds. The lowest BCUT2D eigenvalue weighted by atomic mass is 10.1. The molecule has 0 aromatic carbocycles. The van der Waals surface area contributed by atoms with Crippen LogP contribution in [0.5, 0.6) is 0 Å². The second kappa shape index (κ2) is 5.49. The van der Waals surface area contributed by atoms with Crippen LogP contribution in [-0.4, -0.2) is 16.7 Å². The van der Waals surface area contributed by atoms with E-state index in [9.17, 15) is 0 Å². The maximum absolute atomic E-state index is 5.68. The summed E-state index contributed by atoms with van der Waals surface area (Å²) < 4.78 is 10.9. The van der Waals surface area contributed by atoms with E-state index in [1.807, 2.05) is 19.1 Å². The molecule has 0 fully saturated rings. The van der Waals surface area contributed by atoms with Gasteiger partial charge in [-0.3, -0.25) is 0 Å². The van der Waals surface area contributed by atoms with E-state index in [2.05, 4.69) is 24.0 Å². The maximum atomic E-state index is 5.68. The van der Waals surface area contributed by atoms with Gasteiger partial charge in [0.1, 0.15) is 6.10 Å². The van der Waals surface area contributed by atoms with Crippen LogP contribution in [0.3, 0.4) is 0 Å². The van der Waals surface area contributed by atoms with Gasteiger partial charge in [0.15, 0.2) is 0 Å². The molecule has 2 aromatic heterocycles. The van der Waals surface area contributed by atoms with Gasteiger partial charge in [0.05, 0.1) is 9.88 Å². The van der Waals surface area contributed by atoms with E-state index in [-0.39, 0.29) is 6.10 Å². The molecule has 2 N–H and O–H groups in total. The summed E-state index contributed by atoms with van der Waals surface area (Å²) in [6.07, 6.45) is -0.134. The number of aromatic nitrogens is 2. The molecule has 2 aromatic rings. The van der Waals surface area contributed by atoms with Crippen LogP contribution in [0.1, 0.15) is 32.7 Å². The maximum Gasteiger partial charge on any atom is 0.268 e. The summed E-state index contributed by atoms with van der Waals surface area (Å²) >= 11 is 1.43. The van der Waals surface area contributed by atoms with E-state index >= 15 is 0 Å². The standard InChI is InChI=1S/C12H17N3O2S/c1-4-16-10(7(2)3)11-14-12(17-15-11)8-5-6-9(13)18-8/h5-7,10H,4,13H2,1-3H3.